The van der Waals surface area contributed by atoms with Crippen LogP contribution in [0.25, 0.3) is 0 Å². The van der Waals surface area contributed by atoms with Gasteiger partial charge >= 0.3 is 0 Å². The lowest BCUT2D eigenvalue weighted by Crippen LogP contribution is -2.19. The summed E-state index contributed by atoms with van der Waals surface area (Å²) in [7, 11) is 0. The fourth-order valence-corrected chi connectivity index (χ4v) is 2.30. The highest BCUT2D eigenvalue weighted by Crippen LogP contribution is 2.19. The molecule has 0 saturated carbocycles. The van der Waals surface area contributed by atoms with Gasteiger partial charge in [0.2, 0.25) is 5.91 Å². The first-order valence-electron chi connectivity index (χ1n) is 6.96. The summed E-state index contributed by atoms with van der Waals surface area (Å²) < 4.78 is 0.828. The van der Waals surface area contributed by atoms with E-state index in [1.54, 1.807) is 18.2 Å². The molecule has 0 bridgehead atoms. The molecule has 2 N–H and O–H groups in total. The third-order valence-corrected chi connectivity index (χ3v) is 3.67. The normalized spacial score (nSPS) is 10.8. The summed E-state index contributed by atoms with van der Waals surface area (Å²) in [6.07, 6.45) is 2.66. The molecule has 0 atom stereocenters. The standard InChI is InChI=1S/C17H17BrN2O2/c1-2-12-3-5-13(6-4-12)9-17(22)20-19-11-14-10-15(18)7-8-16(14)21/h3-8,10-11,21H,2,9H2,1H3,(H,20,22)/b19-11+. The Hall–Kier alpha value is -2.14. The van der Waals surface area contributed by atoms with Gasteiger partial charge in [-0.25, -0.2) is 5.43 Å². The first-order chi connectivity index (χ1) is 10.6. The number of benzene rings is 2. The van der Waals surface area contributed by atoms with Crippen molar-refractivity contribution in [1.29, 1.82) is 0 Å². The number of nitrogens with one attached hydrogen (secondary N) is 1. The number of hydrazone groups is 1. The van der Waals surface area contributed by atoms with Crippen LogP contribution in [0, 0.1) is 0 Å². The molecule has 0 aromatic heterocycles. The van der Waals surface area contributed by atoms with Crippen LogP contribution in [0.3, 0.4) is 0 Å². The van der Waals surface area contributed by atoms with Crippen LogP contribution >= 0.6 is 15.9 Å². The predicted octanol–water partition coefficient (Wildman–Crippen LogP) is 3.41. The number of phenols is 1. The number of rotatable bonds is 5. The van der Waals surface area contributed by atoms with E-state index in [4.69, 9.17) is 0 Å². The zero-order chi connectivity index (χ0) is 15.9. The maximum atomic E-state index is 11.8. The van der Waals surface area contributed by atoms with Gasteiger partial charge in [-0.1, -0.05) is 47.1 Å². The first kappa shape index (κ1) is 16.2. The van der Waals surface area contributed by atoms with Gasteiger partial charge in [0.05, 0.1) is 12.6 Å². The predicted molar refractivity (Wildman–Crippen MR) is 91.1 cm³/mol. The van der Waals surface area contributed by atoms with Crippen molar-refractivity contribution in [2.45, 2.75) is 19.8 Å². The van der Waals surface area contributed by atoms with Gasteiger partial charge in [-0.05, 0) is 35.7 Å². The van der Waals surface area contributed by atoms with E-state index >= 15 is 0 Å². The topological polar surface area (TPSA) is 61.7 Å². The minimum absolute atomic E-state index is 0.108. The summed E-state index contributed by atoms with van der Waals surface area (Å²) >= 11 is 3.31. The van der Waals surface area contributed by atoms with E-state index in [1.165, 1.54) is 11.8 Å². The van der Waals surface area contributed by atoms with Crippen molar-refractivity contribution in [2.75, 3.05) is 0 Å². The average molecular weight is 361 g/mol. The second-order valence-corrected chi connectivity index (χ2v) is 5.76. The van der Waals surface area contributed by atoms with Gasteiger partial charge in [0.25, 0.3) is 0 Å². The molecule has 114 valence electrons. The molecule has 0 aliphatic carbocycles. The summed E-state index contributed by atoms with van der Waals surface area (Å²) in [6, 6.07) is 12.9. The van der Waals surface area contributed by atoms with Crippen LogP contribution in [-0.2, 0) is 17.6 Å². The number of amides is 1. The Kier molecular flexibility index (Phi) is 5.72. The number of hydrogen-bond donors (Lipinski definition) is 2. The molecule has 0 fully saturated rings. The molecule has 0 spiro atoms. The van der Waals surface area contributed by atoms with E-state index in [0.717, 1.165) is 16.5 Å². The molecular weight excluding hydrogens is 344 g/mol. The summed E-state index contributed by atoms with van der Waals surface area (Å²) in [5, 5.41) is 13.5. The smallest absolute Gasteiger partial charge is 0.244 e. The number of aromatic hydroxyl groups is 1. The molecule has 0 aliphatic rings. The lowest BCUT2D eigenvalue weighted by atomic mass is 10.1. The number of hydrogen-bond acceptors (Lipinski definition) is 3. The lowest BCUT2D eigenvalue weighted by molar-refractivity contribution is -0.120. The van der Waals surface area contributed by atoms with Crippen LogP contribution in [0.5, 0.6) is 5.75 Å². The maximum Gasteiger partial charge on any atom is 0.244 e. The van der Waals surface area contributed by atoms with Crippen LogP contribution in [0.15, 0.2) is 52.0 Å². The zero-order valence-electron chi connectivity index (χ0n) is 12.2. The van der Waals surface area contributed by atoms with Crippen LogP contribution in [-0.4, -0.2) is 17.2 Å². The molecular formula is C17H17BrN2O2. The molecule has 4 nitrogen and oxygen atoms in total. The summed E-state index contributed by atoms with van der Waals surface area (Å²) in [5.74, 6) is -0.0914. The number of carbonyl (C=O) groups is 1. The highest BCUT2D eigenvalue weighted by molar-refractivity contribution is 9.10. The molecule has 22 heavy (non-hydrogen) atoms. The van der Waals surface area contributed by atoms with Crippen LogP contribution in [0.4, 0.5) is 0 Å². The quantitative estimate of drug-likeness (QED) is 0.633. The van der Waals surface area contributed by atoms with Gasteiger partial charge in [0.15, 0.2) is 0 Å². The molecule has 0 saturated heterocycles. The fraction of sp³-hybridized carbons (Fsp3) is 0.176. The molecule has 2 rings (SSSR count). The van der Waals surface area contributed by atoms with Crippen molar-refractivity contribution < 1.29 is 9.90 Å². The SMILES string of the molecule is CCc1ccc(CC(=O)N/N=C/c2cc(Br)ccc2O)cc1. The fourth-order valence-electron chi connectivity index (χ4n) is 1.92. The monoisotopic (exact) mass is 360 g/mol. The Morgan fingerprint density at radius 2 is 1.91 bits per heavy atom. The molecule has 0 unspecified atom stereocenters. The van der Waals surface area contributed by atoms with Crippen LogP contribution in [0.2, 0.25) is 0 Å². The van der Waals surface area contributed by atoms with Gasteiger partial charge in [-0.3, -0.25) is 4.79 Å². The summed E-state index contributed by atoms with van der Waals surface area (Å²) in [4.78, 5) is 11.8. The van der Waals surface area contributed by atoms with Gasteiger partial charge in [-0.2, -0.15) is 5.10 Å². The molecule has 0 heterocycles. The molecule has 1 amide bonds. The molecule has 5 heteroatoms. The second-order valence-electron chi connectivity index (χ2n) is 4.84. The molecule has 2 aromatic carbocycles. The van der Waals surface area contributed by atoms with Gasteiger partial charge in [0.1, 0.15) is 5.75 Å². The minimum atomic E-state index is -0.199. The van der Waals surface area contributed by atoms with Crippen molar-refractivity contribution in [2.24, 2.45) is 5.10 Å². The Morgan fingerprint density at radius 1 is 1.23 bits per heavy atom. The average Bonchev–Trinajstić information content (AvgIpc) is 2.51. The highest BCUT2D eigenvalue weighted by atomic mass is 79.9. The minimum Gasteiger partial charge on any atom is -0.507 e. The van der Waals surface area contributed by atoms with Crippen molar-refractivity contribution in [3.05, 3.63) is 63.6 Å². The Balaban J connectivity index is 1.91. The number of aryl methyl sites for hydroxylation is 1. The first-order valence-corrected chi connectivity index (χ1v) is 7.76. The van der Waals surface area contributed by atoms with Gasteiger partial charge < -0.3 is 5.11 Å². The van der Waals surface area contributed by atoms with E-state index in [9.17, 15) is 9.90 Å². The largest absolute Gasteiger partial charge is 0.507 e. The highest BCUT2D eigenvalue weighted by Gasteiger charge is 2.03. The van der Waals surface area contributed by atoms with Crippen molar-refractivity contribution >= 4 is 28.1 Å². The number of phenolic OH excluding ortho intramolecular Hbond substituents is 1. The van der Waals surface area contributed by atoms with E-state index in [1.807, 2.05) is 24.3 Å². The number of nitrogens with zero attached hydrogens (tertiary/aromatic N) is 1. The Bertz CT molecular complexity index is 682. The van der Waals surface area contributed by atoms with Crippen molar-refractivity contribution in [3.8, 4) is 5.75 Å². The van der Waals surface area contributed by atoms with Gasteiger partial charge in [-0.15, -0.1) is 0 Å². The van der Waals surface area contributed by atoms with Crippen molar-refractivity contribution in [1.82, 2.24) is 5.43 Å². The van der Waals surface area contributed by atoms with E-state index < -0.39 is 0 Å². The summed E-state index contributed by atoms with van der Waals surface area (Å²) in [6.45, 7) is 2.09. The molecule has 0 radical (unpaired) electrons. The van der Waals surface area contributed by atoms with E-state index in [2.05, 4.69) is 33.4 Å². The number of carbonyl (C=O) groups excluding carboxylic acids is 1. The van der Waals surface area contributed by atoms with E-state index in [-0.39, 0.29) is 18.1 Å². The third-order valence-electron chi connectivity index (χ3n) is 3.18. The lowest BCUT2D eigenvalue weighted by Gasteiger charge is -2.03. The Morgan fingerprint density at radius 3 is 2.59 bits per heavy atom. The summed E-state index contributed by atoms with van der Waals surface area (Å²) in [5.41, 5.74) is 5.17. The molecule has 2 aromatic rings. The van der Waals surface area contributed by atoms with E-state index in [0.29, 0.717) is 5.56 Å². The third kappa shape index (κ3) is 4.70. The van der Waals surface area contributed by atoms with Crippen molar-refractivity contribution in [3.63, 3.8) is 0 Å². The molecule has 0 aliphatic heterocycles. The zero-order valence-corrected chi connectivity index (χ0v) is 13.8. The van der Waals surface area contributed by atoms with Gasteiger partial charge in [0, 0.05) is 10.0 Å². The van der Waals surface area contributed by atoms with Crippen LogP contribution < -0.4 is 5.43 Å². The second kappa shape index (κ2) is 7.75. The van der Waals surface area contributed by atoms with Crippen LogP contribution in [0.1, 0.15) is 23.6 Å². The number of halogens is 1. The Labute approximate surface area is 138 Å². The maximum absolute atomic E-state index is 11.8.